The Kier molecular flexibility index (Phi) is 9.35. The van der Waals surface area contributed by atoms with Gasteiger partial charge in [-0.05, 0) is 77.3 Å². The van der Waals surface area contributed by atoms with Crippen molar-refractivity contribution in [1.29, 1.82) is 0 Å². The van der Waals surface area contributed by atoms with E-state index in [0.29, 0.717) is 11.1 Å². The maximum atomic E-state index is 13.9. The van der Waals surface area contributed by atoms with Gasteiger partial charge in [0.15, 0.2) is 0 Å². The molecular formula is C29H37N3O5. The molecule has 0 spiro atoms. The van der Waals surface area contributed by atoms with Gasteiger partial charge in [0.2, 0.25) is 5.91 Å². The van der Waals surface area contributed by atoms with Crippen LogP contribution >= 0.6 is 0 Å². The lowest BCUT2D eigenvalue weighted by molar-refractivity contribution is -0.139. The summed E-state index contributed by atoms with van der Waals surface area (Å²) in [6, 6.07) is 13.5. The average Bonchev–Trinajstić information content (AvgIpc) is 2.76. The van der Waals surface area contributed by atoms with E-state index < -0.39 is 41.1 Å². The van der Waals surface area contributed by atoms with Crippen LogP contribution in [0.2, 0.25) is 0 Å². The van der Waals surface area contributed by atoms with E-state index in [4.69, 9.17) is 11.2 Å². The molecule has 0 heterocycles. The summed E-state index contributed by atoms with van der Waals surface area (Å²) in [4.78, 5) is 41.1. The first kappa shape index (κ1) is 29.2. The van der Waals surface area contributed by atoms with Gasteiger partial charge in [0.25, 0.3) is 5.91 Å². The number of terminal acetylenes is 1. The molecule has 0 saturated carbocycles. The lowest BCUT2D eigenvalue weighted by atomic mass is 9.96. The number of amides is 3. The summed E-state index contributed by atoms with van der Waals surface area (Å²) in [6.45, 7) is 12.5. The lowest BCUT2D eigenvalue weighted by Gasteiger charge is -2.33. The van der Waals surface area contributed by atoms with E-state index in [2.05, 4.69) is 16.7 Å². The minimum atomic E-state index is -1.15. The van der Waals surface area contributed by atoms with E-state index in [-0.39, 0.29) is 12.2 Å². The number of phenolic OH excluding ortho intramolecular Hbond substituents is 1. The maximum Gasteiger partial charge on any atom is 0.408 e. The highest BCUT2D eigenvalue weighted by Gasteiger charge is 2.37. The summed E-state index contributed by atoms with van der Waals surface area (Å²) in [5.74, 6) is -1.04. The third kappa shape index (κ3) is 8.87. The number of nitrogens with zero attached hydrogens (tertiary/aromatic N) is 1. The lowest BCUT2D eigenvalue weighted by Crippen LogP contribution is -2.54. The van der Waals surface area contributed by atoms with Crippen LogP contribution in [0, 0.1) is 19.4 Å². The summed E-state index contributed by atoms with van der Waals surface area (Å²) in [7, 11) is 0. The zero-order valence-electron chi connectivity index (χ0n) is 22.6. The smallest absolute Gasteiger partial charge is 0.408 e. The molecule has 2 aromatic rings. The van der Waals surface area contributed by atoms with E-state index in [1.807, 2.05) is 39.8 Å². The Morgan fingerprint density at radius 2 is 1.62 bits per heavy atom. The number of alkyl carbamates (subject to hydrolysis) is 1. The first-order valence-electron chi connectivity index (χ1n) is 12.1. The monoisotopic (exact) mass is 507 g/mol. The number of benzene rings is 2. The molecule has 0 radical (unpaired) electrons. The molecule has 37 heavy (non-hydrogen) atoms. The molecule has 2 atom stereocenters. The third-order valence-electron chi connectivity index (χ3n) is 5.23. The number of phenols is 1. The number of hydrogen-bond acceptors (Lipinski definition) is 5. The quantitative estimate of drug-likeness (QED) is 0.384. The van der Waals surface area contributed by atoms with Crippen LogP contribution in [0.5, 0.6) is 5.75 Å². The van der Waals surface area contributed by atoms with Crippen LogP contribution in [0.25, 0.3) is 0 Å². The second-order valence-electron chi connectivity index (χ2n) is 10.9. The normalized spacial score (nSPS) is 13.0. The van der Waals surface area contributed by atoms with Gasteiger partial charge in [-0.3, -0.25) is 14.5 Å². The largest absolute Gasteiger partial charge is 0.508 e. The molecule has 8 nitrogen and oxygen atoms in total. The molecule has 2 aromatic carbocycles. The van der Waals surface area contributed by atoms with Crippen LogP contribution in [0.1, 0.15) is 64.3 Å². The van der Waals surface area contributed by atoms with Crippen molar-refractivity contribution in [3.05, 3.63) is 65.2 Å². The van der Waals surface area contributed by atoms with E-state index in [0.717, 1.165) is 10.5 Å². The zero-order valence-corrected chi connectivity index (χ0v) is 22.6. The van der Waals surface area contributed by atoms with Gasteiger partial charge in [-0.15, -0.1) is 0 Å². The summed E-state index contributed by atoms with van der Waals surface area (Å²) in [5, 5.41) is 15.2. The zero-order chi connectivity index (χ0) is 28.0. The predicted octanol–water partition coefficient (Wildman–Crippen LogP) is 4.21. The second kappa shape index (κ2) is 11.8. The van der Waals surface area contributed by atoms with Gasteiger partial charge in [0.1, 0.15) is 23.4 Å². The van der Waals surface area contributed by atoms with Crippen molar-refractivity contribution in [2.24, 2.45) is 0 Å². The standard InChI is InChI=1S/C29H37N3O5/c1-9-32(24(25(34)31-28(3,4)5)22-13-11-10-12-19(22)2)26(35)23(30-27(36)37-29(6,7)8)18-20-14-16-21(33)17-15-20/h1,10-17,23-24,33H,18H2,2-8H3,(H,30,36)(H,31,34). The van der Waals surface area contributed by atoms with E-state index in [9.17, 15) is 19.5 Å². The van der Waals surface area contributed by atoms with Crippen molar-refractivity contribution >= 4 is 17.9 Å². The number of hydrogen-bond donors (Lipinski definition) is 3. The Bertz CT molecular complexity index is 1150. The predicted molar refractivity (Wildman–Crippen MR) is 142 cm³/mol. The Balaban J connectivity index is 2.52. The van der Waals surface area contributed by atoms with Crippen molar-refractivity contribution < 1.29 is 24.2 Å². The Morgan fingerprint density at radius 3 is 2.14 bits per heavy atom. The number of aryl methyl sites for hydroxylation is 1. The molecule has 0 saturated heterocycles. The molecule has 0 bridgehead atoms. The van der Waals surface area contributed by atoms with Crippen LogP contribution in [-0.2, 0) is 20.7 Å². The molecule has 0 aliphatic heterocycles. The molecule has 2 rings (SSSR count). The van der Waals surface area contributed by atoms with Crippen molar-refractivity contribution in [1.82, 2.24) is 15.5 Å². The topological polar surface area (TPSA) is 108 Å². The summed E-state index contributed by atoms with van der Waals surface area (Å²) >= 11 is 0. The number of carbonyl (C=O) groups is 3. The molecule has 0 aliphatic rings. The molecule has 3 N–H and O–H groups in total. The Labute approximate surface area is 219 Å². The number of rotatable bonds is 7. The molecule has 3 amide bonds. The number of carbonyl (C=O) groups excluding carboxylic acids is 3. The molecule has 2 unspecified atom stereocenters. The van der Waals surface area contributed by atoms with E-state index in [1.54, 1.807) is 45.0 Å². The highest BCUT2D eigenvalue weighted by molar-refractivity contribution is 5.93. The minimum Gasteiger partial charge on any atom is -0.508 e. The second-order valence-corrected chi connectivity index (χ2v) is 10.9. The SMILES string of the molecule is C#CN(C(=O)C(Cc1ccc(O)cc1)NC(=O)OC(C)(C)C)C(C(=O)NC(C)(C)C)c1ccccc1C. The van der Waals surface area contributed by atoms with Gasteiger partial charge >= 0.3 is 6.09 Å². The summed E-state index contributed by atoms with van der Waals surface area (Å²) in [6.07, 6.45) is 5.10. The van der Waals surface area contributed by atoms with Crippen LogP contribution in [0.15, 0.2) is 48.5 Å². The summed E-state index contributed by atoms with van der Waals surface area (Å²) in [5.41, 5.74) is 0.631. The van der Waals surface area contributed by atoms with Gasteiger partial charge in [-0.2, -0.15) is 0 Å². The number of ether oxygens (including phenoxy) is 1. The maximum absolute atomic E-state index is 13.9. The average molecular weight is 508 g/mol. The van der Waals surface area contributed by atoms with Crippen molar-refractivity contribution in [2.45, 2.75) is 78.1 Å². The fourth-order valence-corrected chi connectivity index (χ4v) is 3.68. The molecular weight excluding hydrogens is 470 g/mol. The van der Waals surface area contributed by atoms with Gasteiger partial charge in [-0.1, -0.05) is 42.8 Å². The van der Waals surface area contributed by atoms with Gasteiger partial charge in [-0.25, -0.2) is 4.79 Å². The molecule has 0 fully saturated rings. The van der Waals surface area contributed by atoms with Gasteiger partial charge in [0, 0.05) is 18.0 Å². The fraction of sp³-hybridized carbons (Fsp3) is 0.414. The first-order chi connectivity index (χ1) is 17.1. The van der Waals surface area contributed by atoms with Gasteiger partial charge < -0.3 is 20.5 Å². The van der Waals surface area contributed by atoms with Crippen molar-refractivity contribution in [3.8, 4) is 18.2 Å². The highest BCUT2D eigenvalue weighted by atomic mass is 16.6. The Hall–Kier alpha value is -3.99. The Morgan fingerprint density at radius 1 is 1.03 bits per heavy atom. The fourth-order valence-electron chi connectivity index (χ4n) is 3.68. The van der Waals surface area contributed by atoms with Crippen LogP contribution in [0.4, 0.5) is 4.79 Å². The van der Waals surface area contributed by atoms with Crippen LogP contribution in [0.3, 0.4) is 0 Å². The van der Waals surface area contributed by atoms with Crippen molar-refractivity contribution in [3.63, 3.8) is 0 Å². The van der Waals surface area contributed by atoms with Gasteiger partial charge in [0.05, 0.1) is 0 Å². The van der Waals surface area contributed by atoms with Crippen molar-refractivity contribution in [2.75, 3.05) is 0 Å². The minimum absolute atomic E-state index is 0.0535. The molecule has 8 heteroatoms. The van der Waals surface area contributed by atoms with Crippen LogP contribution < -0.4 is 10.6 Å². The highest BCUT2D eigenvalue weighted by Crippen LogP contribution is 2.26. The third-order valence-corrected chi connectivity index (χ3v) is 5.23. The number of aromatic hydroxyl groups is 1. The summed E-state index contributed by atoms with van der Waals surface area (Å²) < 4.78 is 5.37. The van der Waals surface area contributed by atoms with E-state index >= 15 is 0 Å². The molecule has 0 aliphatic carbocycles. The molecule has 198 valence electrons. The van der Waals surface area contributed by atoms with E-state index in [1.165, 1.54) is 12.1 Å². The van der Waals surface area contributed by atoms with Crippen LogP contribution in [-0.4, -0.2) is 45.1 Å². The first-order valence-corrected chi connectivity index (χ1v) is 12.1. The molecule has 0 aromatic heterocycles. The number of nitrogens with one attached hydrogen (secondary N) is 2.